The van der Waals surface area contributed by atoms with Gasteiger partial charge in [0.2, 0.25) is 4.96 Å². The van der Waals surface area contributed by atoms with E-state index in [1.54, 1.807) is 0 Å². The molecular formula is C30H23N5O2S. The van der Waals surface area contributed by atoms with Crippen molar-refractivity contribution in [2.45, 2.75) is 26.4 Å². The number of ether oxygens (including phenoxy) is 1. The molecule has 38 heavy (non-hydrogen) atoms. The molecule has 0 saturated carbocycles. The van der Waals surface area contributed by atoms with E-state index in [-0.39, 0.29) is 11.7 Å². The zero-order chi connectivity index (χ0) is 25.8. The number of fused-ring (bicyclic) bond motifs is 2. The Hall–Kier alpha value is -4.56. The summed E-state index contributed by atoms with van der Waals surface area (Å²) in [7, 11) is 0. The lowest BCUT2D eigenvalue weighted by Crippen LogP contribution is -2.23. The molecule has 0 spiro atoms. The van der Waals surface area contributed by atoms with Crippen LogP contribution in [0.25, 0.3) is 39.4 Å². The quantitative estimate of drug-likeness (QED) is 0.334. The standard InChI is InChI=1S/C30H23N5O2S/c1-18-8-6-7-11-24(18)28-31-30-35(33-28)29(36)26(38-30)16-22-17-34(23-9-4-3-5-10-23)32-27(22)20-12-13-25-21(15-20)14-19(2)37-25/h3-13,15-17,19H,14H2,1-2H3/b26-16-/t19-/m0/s1. The van der Waals surface area contributed by atoms with E-state index in [0.717, 1.165) is 45.8 Å². The molecule has 3 aromatic carbocycles. The molecule has 8 heteroatoms. The zero-order valence-corrected chi connectivity index (χ0v) is 21.6. The first kappa shape index (κ1) is 22.6. The van der Waals surface area contributed by atoms with Crippen LogP contribution in [-0.2, 0) is 6.42 Å². The van der Waals surface area contributed by atoms with Crippen molar-refractivity contribution in [3.63, 3.8) is 0 Å². The fourth-order valence-electron chi connectivity index (χ4n) is 4.91. The summed E-state index contributed by atoms with van der Waals surface area (Å²) in [6, 6.07) is 24.1. The minimum Gasteiger partial charge on any atom is -0.490 e. The smallest absolute Gasteiger partial charge is 0.291 e. The lowest BCUT2D eigenvalue weighted by atomic mass is 10.0. The molecule has 0 N–H and O–H groups in total. The van der Waals surface area contributed by atoms with E-state index < -0.39 is 0 Å². The third kappa shape index (κ3) is 3.81. The molecule has 1 aliphatic rings. The first-order valence-electron chi connectivity index (χ1n) is 12.5. The first-order valence-corrected chi connectivity index (χ1v) is 13.3. The maximum atomic E-state index is 13.4. The van der Waals surface area contributed by atoms with E-state index in [2.05, 4.69) is 23.1 Å². The number of para-hydroxylation sites is 1. The van der Waals surface area contributed by atoms with Gasteiger partial charge in [-0.15, -0.1) is 5.10 Å². The fraction of sp³-hybridized carbons (Fsp3) is 0.133. The maximum absolute atomic E-state index is 13.4. The third-order valence-electron chi connectivity index (χ3n) is 6.79. The Balaban J connectivity index is 1.37. The van der Waals surface area contributed by atoms with Gasteiger partial charge in [-0.05, 0) is 61.4 Å². The summed E-state index contributed by atoms with van der Waals surface area (Å²) in [5.41, 5.74) is 6.55. The van der Waals surface area contributed by atoms with Gasteiger partial charge in [-0.2, -0.15) is 14.6 Å². The molecule has 6 aromatic rings. The molecule has 0 bridgehead atoms. The van der Waals surface area contributed by atoms with Crippen molar-refractivity contribution < 1.29 is 4.74 Å². The normalized spacial score (nSPS) is 15.2. The van der Waals surface area contributed by atoms with Gasteiger partial charge in [0.15, 0.2) is 5.82 Å². The second-order valence-corrected chi connectivity index (χ2v) is 10.5. The molecule has 1 atom stereocenters. The Bertz CT molecular complexity index is 1940. The van der Waals surface area contributed by atoms with Crippen molar-refractivity contribution in [2.24, 2.45) is 0 Å². The van der Waals surface area contributed by atoms with Crippen molar-refractivity contribution in [1.82, 2.24) is 24.4 Å². The molecule has 1 aliphatic heterocycles. The molecule has 0 aliphatic carbocycles. The molecular weight excluding hydrogens is 494 g/mol. The first-order chi connectivity index (χ1) is 18.5. The van der Waals surface area contributed by atoms with E-state index in [1.807, 2.05) is 90.6 Å². The Kier molecular flexibility index (Phi) is 5.23. The zero-order valence-electron chi connectivity index (χ0n) is 20.8. The topological polar surface area (TPSA) is 74.3 Å². The lowest BCUT2D eigenvalue weighted by Gasteiger charge is -2.04. The van der Waals surface area contributed by atoms with Gasteiger partial charge in [-0.25, -0.2) is 4.68 Å². The Morgan fingerprint density at radius 3 is 2.66 bits per heavy atom. The van der Waals surface area contributed by atoms with Crippen LogP contribution in [0, 0.1) is 6.92 Å². The van der Waals surface area contributed by atoms with Crippen LogP contribution in [0.15, 0.2) is 83.8 Å². The average molecular weight is 518 g/mol. The van der Waals surface area contributed by atoms with Crippen LogP contribution in [0.3, 0.4) is 0 Å². The number of benzene rings is 3. The minimum atomic E-state index is -0.188. The predicted octanol–water partition coefficient (Wildman–Crippen LogP) is 4.85. The number of hydrogen-bond donors (Lipinski definition) is 0. The van der Waals surface area contributed by atoms with Gasteiger partial charge >= 0.3 is 0 Å². The van der Waals surface area contributed by atoms with Gasteiger partial charge in [-0.1, -0.05) is 53.8 Å². The number of aryl methyl sites for hydroxylation is 1. The van der Waals surface area contributed by atoms with Crippen molar-refractivity contribution in [3.05, 3.63) is 111 Å². The number of thiazole rings is 1. The Morgan fingerprint density at radius 1 is 1.03 bits per heavy atom. The summed E-state index contributed by atoms with van der Waals surface area (Å²) in [6.45, 7) is 4.09. The van der Waals surface area contributed by atoms with Crippen LogP contribution in [0.4, 0.5) is 0 Å². The molecule has 0 unspecified atom stereocenters. The van der Waals surface area contributed by atoms with Crippen molar-refractivity contribution in [3.8, 4) is 34.1 Å². The van der Waals surface area contributed by atoms with Gasteiger partial charge in [0, 0.05) is 29.3 Å². The van der Waals surface area contributed by atoms with Crippen LogP contribution in [0.2, 0.25) is 0 Å². The van der Waals surface area contributed by atoms with E-state index in [9.17, 15) is 4.79 Å². The largest absolute Gasteiger partial charge is 0.490 e. The lowest BCUT2D eigenvalue weighted by molar-refractivity contribution is 0.254. The van der Waals surface area contributed by atoms with Crippen molar-refractivity contribution in [2.75, 3.05) is 0 Å². The molecule has 0 saturated heterocycles. The van der Waals surface area contributed by atoms with Gasteiger partial charge in [-0.3, -0.25) is 4.79 Å². The maximum Gasteiger partial charge on any atom is 0.291 e. The van der Waals surface area contributed by atoms with Crippen LogP contribution in [0.1, 0.15) is 23.6 Å². The van der Waals surface area contributed by atoms with E-state index >= 15 is 0 Å². The monoisotopic (exact) mass is 517 g/mol. The second kappa shape index (κ2) is 8.78. The van der Waals surface area contributed by atoms with E-state index in [4.69, 9.17) is 9.84 Å². The summed E-state index contributed by atoms with van der Waals surface area (Å²) in [4.78, 5) is 18.6. The van der Waals surface area contributed by atoms with Crippen LogP contribution < -0.4 is 14.8 Å². The van der Waals surface area contributed by atoms with Crippen LogP contribution in [-0.4, -0.2) is 30.5 Å². The average Bonchev–Trinajstić information content (AvgIpc) is 3.68. The highest BCUT2D eigenvalue weighted by Crippen LogP contribution is 2.34. The van der Waals surface area contributed by atoms with E-state index in [1.165, 1.54) is 21.4 Å². The summed E-state index contributed by atoms with van der Waals surface area (Å²) in [5, 5.41) is 9.47. The summed E-state index contributed by atoms with van der Waals surface area (Å²) in [6.07, 6.45) is 4.88. The van der Waals surface area contributed by atoms with Gasteiger partial charge in [0.25, 0.3) is 5.56 Å². The number of aromatic nitrogens is 5. The fourth-order valence-corrected chi connectivity index (χ4v) is 5.81. The molecule has 4 heterocycles. The molecule has 7 nitrogen and oxygen atoms in total. The highest BCUT2D eigenvalue weighted by atomic mass is 32.1. The summed E-state index contributed by atoms with van der Waals surface area (Å²) >= 11 is 1.33. The number of hydrogen-bond acceptors (Lipinski definition) is 6. The van der Waals surface area contributed by atoms with Gasteiger partial charge in [0.1, 0.15) is 17.5 Å². The van der Waals surface area contributed by atoms with Gasteiger partial charge < -0.3 is 4.74 Å². The Labute approximate surface area is 222 Å². The molecule has 186 valence electrons. The van der Waals surface area contributed by atoms with Crippen molar-refractivity contribution >= 4 is 22.4 Å². The summed E-state index contributed by atoms with van der Waals surface area (Å²) in [5.74, 6) is 1.48. The van der Waals surface area contributed by atoms with Gasteiger partial charge in [0.05, 0.1) is 10.2 Å². The minimum absolute atomic E-state index is 0.163. The third-order valence-corrected chi connectivity index (χ3v) is 7.75. The molecule has 3 aromatic heterocycles. The SMILES string of the molecule is Cc1ccccc1-c1nc2s/c(=C\c3cn(-c4ccccc4)nc3-c3ccc4c(c3)C[C@H](C)O4)c(=O)n2n1. The Morgan fingerprint density at radius 2 is 1.84 bits per heavy atom. The number of rotatable bonds is 4. The highest BCUT2D eigenvalue weighted by molar-refractivity contribution is 7.15. The van der Waals surface area contributed by atoms with E-state index in [0.29, 0.717) is 15.3 Å². The van der Waals surface area contributed by atoms with Crippen LogP contribution >= 0.6 is 11.3 Å². The van der Waals surface area contributed by atoms with Crippen molar-refractivity contribution in [1.29, 1.82) is 0 Å². The molecule has 0 radical (unpaired) electrons. The predicted molar refractivity (Wildman–Crippen MR) is 149 cm³/mol. The highest BCUT2D eigenvalue weighted by Gasteiger charge is 2.21. The molecule has 0 amide bonds. The molecule has 7 rings (SSSR count). The second-order valence-electron chi connectivity index (χ2n) is 9.53. The summed E-state index contributed by atoms with van der Waals surface area (Å²) < 4.78 is 9.71. The number of nitrogens with zero attached hydrogens (tertiary/aromatic N) is 5. The van der Waals surface area contributed by atoms with Crippen LogP contribution in [0.5, 0.6) is 5.75 Å². The molecule has 0 fully saturated rings.